The van der Waals surface area contributed by atoms with Gasteiger partial charge in [0.15, 0.2) is 0 Å². The quantitative estimate of drug-likeness (QED) is 0.852. The van der Waals surface area contributed by atoms with Gasteiger partial charge >= 0.3 is 0 Å². The molecular weight excluding hydrogens is 290 g/mol. The third kappa shape index (κ3) is 4.11. The Morgan fingerprint density at radius 1 is 1.09 bits per heavy atom. The van der Waals surface area contributed by atoms with E-state index in [-0.39, 0.29) is 11.9 Å². The Hall–Kier alpha value is -2.33. The van der Waals surface area contributed by atoms with Gasteiger partial charge < -0.3 is 14.4 Å². The van der Waals surface area contributed by atoms with Crippen LogP contribution in [0.2, 0.25) is 0 Å². The van der Waals surface area contributed by atoms with Crippen molar-refractivity contribution in [3.8, 4) is 5.75 Å². The summed E-state index contributed by atoms with van der Waals surface area (Å²) < 4.78 is 11.2. The zero-order valence-electron chi connectivity index (χ0n) is 13.1. The van der Waals surface area contributed by atoms with E-state index in [9.17, 15) is 4.79 Å². The first-order valence-corrected chi connectivity index (χ1v) is 7.94. The Balaban J connectivity index is 1.58. The molecule has 0 radical (unpaired) electrons. The molecule has 120 valence electrons. The summed E-state index contributed by atoms with van der Waals surface area (Å²) >= 11 is 0. The van der Waals surface area contributed by atoms with Crippen molar-refractivity contribution in [1.29, 1.82) is 0 Å². The largest absolute Gasteiger partial charge is 0.493 e. The molecule has 1 atom stereocenters. The average molecular weight is 311 g/mol. The molecule has 1 fully saturated rings. The Kier molecular flexibility index (Phi) is 5.27. The van der Waals surface area contributed by atoms with E-state index in [0.717, 1.165) is 11.3 Å². The molecule has 2 aromatic carbocycles. The summed E-state index contributed by atoms with van der Waals surface area (Å²) in [6.07, 6.45) is 0.373. The molecule has 1 aliphatic heterocycles. The minimum Gasteiger partial charge on any atom is -0.493 e. The van der Waals surface area contributed by atoms with E-state index in [1.54, 1.807) is 0 Å². The van der Waals surface area contributed by atoms with Crippen molar-refractivity contribution in [2.75, 3.05) is 26.4 Å². The van der Waals surface area contributed by atoms with Crippen molar-refractivity contribution in [3.63, 3.8) is 0 Å². The lowest BCUT2D eigenvalue weighted by atomic mass is 10.0. The van der Waals surface area contributed by atoms with Gasteiger partial charge in [-0.25, -0.2) is 0 Å². The van der Waals surface area contributed by atoms with Gasteiger partial charge in [-0.2, -0.15) is 0 Å². The third-order valence-electron chi connectivity index (χ3n) is 3.96. The van der Waals surface area contributed by atoms with E-state index < -0.39 is 0 Å². The number of amides is 1. The molecule has 23 heavy (non-hydrogen) atoms. The summed E-state index contributed by atoms with van der Waals surface area (Å²) in [6, 6.07) is 19.6. The fraction of sp³-hybridized carbons (Fsp3) is 0.316. The number of carbonyl (C=O) groups is 1. The molecule has 0 aromatic heterocycles. The molecule has 2 aromatic rings. The van der Waals surface area contributed by atoms with Gasteiger partial charge in [0.25, 0.3) is 0 Å². The summed E-state index contributed by atoms with van der Waals surface area (Å²) in [7, 11) is 0. The summed E-state index contributed by atoms with van der Waals surface area (Å²) in [5, 5.41) is 0. The van der Waals surface area contributed by atoms with Gasteiger partial charge in [-0.05, 0) is 17.7 Å². The number of carbonyl (C=O) groups excluding carboxylic acids is 1. The van der Waals surface area contributed by atoms with Crippen LogP contribution in [0.5, 0.6) is 5.75 Å². The van der Waals surface area contributed by atoms with Gasteiger partial charge in [-0.1, -0.05) is 48.5 Å². The molecule has 3 rings (SSSR count). The fourth-order valence-electron chi connectivity index (χ4n) is 2.77. The number of morpholine rings is 1. The number of rotatable bonds is 5. The summed E-state index contributed by atoms with van der Waals surface area (Å²) in [4.78, 5) is 14.5. The van der Waals surface area contributed by atoms with Gasteiger partial charge in [-0.3, -0.25) is 4.79 Å². The number of hydrogen-bond acceptors (Lipinski definition) is 3. The summed E-state index contributed by atoms with van der Waals surface area (Å²) in [5.41, 5.74) is 1.12. The van der Waals surface area contributed by atoms with Crippen molar-refractivity contribution in [3.05, 3.63) is 66.2 Å². The van der Waals surface area contributed by atoms with Crippen molar-refractivity contribution < 1.29 is 14.3 Å². The lowest BCUT2D eigenvalue weighted by Crippen LogP contribution is -2.43. The fourth-order valence-corrected chi connectivity index (χ4v) is 2.77. The van der Waals surface area contributed by atoms with E-state index >= 15 is 0 Å². The predicted octanol–water partition coefficient (Wildman–Crippen LogP) is 3.06. The van der Waals surface area contributed by atoms with E-state index in [1.165, 1.54) is 0 Å². The van der Waals surface area contributed by atoms with Gasteiger partial charge in [0.05, 0.1) is 32.3 Å². The highest BCUT2D eigenvalue weighted by atomic mass is 16.5. The van der Waals surface area contributed by atoms with E-state index in [0.29, 0.717) is 32.8 Å². The van der Waals surface area contributed by atoms with Crippen LogP contribution in [0.3, 0.4) is 0 Å². The number of para-hydroxylation sites is 1. The molecular formula is C19H21NO3. The molecule has 0 bridgehead atoms. The minimum absolute atomic E-state index is 0.00539. The highest BCUT2D eigenvalue weighted by Gasteiger charge is 2.28. The molecule has 0 saturated carbocycles. The standard InChI is InChI=1S/C19H21NO3/c21-19(11-13-23-17-9-5-2-6-10-17)20-12-14-22-15-18(20)16-7-3-1-4-8-16/h1-10,18H,11-15H2. The van der Waals surface area contributed by atoms with Crippen LogP contribution in [0.4, 0.5) is 0 Å². The molecule has 1 heterocycles. The lowest BCUT2D eigenvalue weighted by Gasteiger charge is -2.36. The van der Waals surface area contributed by atoms with Crippen LogP contribution < -0.4 is 4.74 Å². The van der Waals surface area contributed by atoms with Crippen molar-refractivity contribution in [2.45, 2.75) is 12.5 Å². The Morgan fingerprint density at radius 3 is 2.52 bits per heavy atom. The molecule has 4 heteroatoms. The smallest absolute Gasteiger partial charge is 0.226 e. The van der Waals surface area contributed by atoms with Crippen LogP contribution in [0, 0.1) is 0 Å². The van der Waals surface area contributed by atoms with Crippen LogP contribution in [-0.2, 0) is 9.53 Å². The van der Waals surface area contributed by atoms with Crippen molar-refractivity contribution in [2.24, 2.45) is 0 Å². The van der Waals surface area contributed by atoms with Crippen molar-refractivity contribution in [1.82, 2.24) is 4.90 Å². The maximum atomic E-state index is 12.6. The molecule has 4 nitrogen and oxygen atoms in total. The van der Waals surface area contributed by atoms with Gasteiger partial charge in [-0.15, -0.1) is 0 Å². The molecule has 1 unspecified atom stereocenters. The maximum Gasteiger partial charge on any atom is 0.226 e. The SMILES string of the molecule is O=C(CCOc1ccccc1)N1CCOCC1c1ccccc1. The number of hydrogen-bond donors (Lipinski definition) is 0. The van der Waals surface area contributed by atoms with E-state index in [1.807, 2.05) is 65.6 Å². The number of ether oxygens (including phenoxy) is 2. The minimum atomic E-state index is -0.00539. The lowest BCUT2D eigenvalue weighted by molar-refractivity contribution is -0.140. The monoisotopic (exact) mass is 311 g/mol. The Bertz CT molecular complexity index is 615. The predicted molar refractivity (Wildman–Crippen MR) is 88.3 cm³/mol. The number of nitrogens with zero attached hydrogens (tertiary/aromatic N) is 1. The zero-order valence-corrected chi connectivity index (χ0v) is 13.1. The third-order valence-corrected chi connectivity index (χ3v) is 3.96. The van der Waals surface area contributed by atoms with E-state index in [4.69, 9.17) is 9.47 Å². The van der Waals surface area contributed by atoms with Crippen molar-refractivity contribution >= 4 is 5.91 Å². The number of benzene rings is 2. The maximum absolute atomic E-state index is 12.6. The van der Waals surface area contributed by atoms with Crippen LogP contribution in [-0.4, -0.2) is 37.2 Å². The molecule has 1 saturated heterocycles. The van der Waals surface area contributed by atoms with Crippen LogP contribution >= 0.6 is 0 Å². The molecule has 0 spiro atoms. The summed E-state index contributed by atoms with van der Waals surface area (Å²) in [6.45, 7) is 2.16. The van der Waals surface area contributed by atoms with Gasteiger partial charge in [0.2, 0.25) is 5.91 Å². The Labute approximate surface area is 136 Å². The normalized spacial score (nSPS) is 17.7. The van der Waals surface area contributed by atoms with Gasteiger partial charge in [0, 0.05) is 6.54 Å². The first-order chi connectivity index (χ1) is 11.3. The highest BCUT2D eigenvalue weighted by molar-refractivity contribution is 5.77. The van der Waals surface area contributed by atoms with Crippen LogP contribution in [0.15, 0.2) is 60.7 Å². The molecule has 0 aliphatic carbocycles. The second-order valence-electron chi connectivity index (χ2n) is 5.50. The molecule has 0 N–H and O–H groups in total. The topological polar surface area (TPSA) is 38.8 Å². The van der Waals surface area contributed by atoms with Crippen LogP contribution in [0.25, 0.3) is 0 Å². The molecule has 1 aliphatic rings. The van der Waals surface area contributed by atoms with Crippen LogP contribution in [0.1, 0.15) is 18.0 Å². The summed E-state index contributed by atoms with van der Waals surface area (Å²) in [5.74, 6) is 0.903. The first-order valence-electron chi connectivity index (χ1n) is 7.94. The Morgan fingerprint density at radius 2 is 1.78 bits per heavy atom. The first kappa shape index (κ1) is 15.6. The highest BCUT2D eigenvalue weighted by Crippen LogP contribution is 2.24. The molecule has 1 amide bonds. The second-order valence-corrected chi connectivity index (χ2v) is 5.50. The second kappa shape index (κ2) is 7.79. The van der Waals surface area contributed by atoms with Gasteiger partial charge in [0.1, 0.15) is 5.75 Å². The van der Waals surface area contributed by atoms with E-state index in [2.05, 4.69) is 0 Å². The zero-order chi connectivity index (χ0) is 15.9. The average Bonchev–Trinajstić information content (AvgIpc) is 2.63.